The standard InChI is InChI=1S/C28H34N2O3S/c1-20(2)17-26(24-9-7-6-8-10-24)29-28(31)19-30(27-18-22(4)11-14-23(27)5)34(32,33)25-15-12-21(3)13-16-25/h6-16,18,20,26H,17,19H2,1-5H3,(H,29,31)/t26-/m1/s1. The summed E-state index contributed by atoms with van der Waals surface area (Å²) in [7, 11) is -3.96. The van der Waals surface area contributed by atoms with Gasteiger partial charge in [-0.25, -0.2) is 8.42 Å². The molecule has 0 fully saturated rings. The van der Waals surface area contributed by atoms with E-state index < -0.39 is 10.0 Å². The average Bonchev–Trinajstić information content (AvgIpc) is 2.79. The smallest absolute Gasteiger partial charge is 0.264 e. The Morgan fingerprint density at radius 1 is 0.882 bits per heavy atom. The summed E-state index contributed by atoms with van der Waals surface area (Å²) in [6.07, 6.45) is 0.754. The van der Waals surface area contributed by atoms with Crippen molar-refractivity contribution in [1.82, 2.24) is 5.32 Å². The largest absolute Gasteiger partial charge is 0.348 e. The number of sulfonamides is 1. The fraction of sp³-hybridized carbons (Fsp3) is 0.321. The van der Waals surface area contributed by atoms with Crippen molar-refractivity contribution in [2.24, 2.45) is 5.92 Å². The van der Waals surface area contributed by atoms with Gasteiger partial charge in [-0.15, -0.1) is 0 Å². The monoisotopic (exact) mass is 478 g/mol. The van der Waals surface area contributed by atoms with Crippen LogP contribution < -0.4 is 9.62 Å². The second-order valence-corrected chi connectivity index (χ2v) is 11.1. The van der Waals surface area contributed by atoms with Gasteiger partial charge in [0.25, 0.3) is 10.0 Å². The Labute approximate surface area is 203 Å². The number of rotatable bonds is 9. The molecular formula is C28H34N2O3S. The number of carbonyl (C=O) groups is 1. The van der Waals surface area contributed by atoms with Gasteiger partial charge >= 0.3 is 0 Å². The molecule has 34 heavy (non-hydrogen) atoms. The molecule has 0 heterocycles. The Bertz CT molecular complexity index is 1220. The summed E-state index contributed by atoms with van der Waals surface area (Å²) in [5.41, 5.74) is 4.19. The van der Waals surface area contributed by atoms with Crippen molar-refractivity contribution >= 4 is 21.6 Å². The fourth-order valence-corrected chi connectivity index (χ4v) is 5.41. The van der Waals surface area contributed by atoms with Crippen LogP contribution in [-0.4, -0.2) is 20.9 Å². The summed E-state index contributed by atoms with van der Waals surface area (Å²) in [6.45, 7) is 9.58. The Kier molecular flexibility index (Phi) is 8.15. The van der Waals surface area contributed by atoms with Crippen LogP contribution in [0.15, 0.2) is 77.7 Å². The second-order valence-electron chi connectivity index (χ2n) is 9.28. The van der Waals surface area contributed by atoms with Crippen molar-refractivity contribution in [3.05, 3.63) is 95.1 Å². The Balaban J connectivity index is 1.97. The molecule has 6 heteroatoms. The van der Waals surface area contributed by atoms with Crippen LogP contribution in [0.3, 0.4) is 0 Å². The predicted molar refractivity (Wildman–Crippen MR) is 138 cm³/mol. The molecular weight excluding hydrogens is 444 g/mol. The van der Waals surface area contributed by atoms with Crippen molar-refractivity contribution in [3.63, 3.8) is 0 Å². The lowest BCUT2D eigenvalue weighted by Crippen LogP contribution is -2.42. The molecule has 1 atom stereocenters. The lowest BCUT2D eigenvalue weighted by atomic mass is 9.97. The minimum absolute atomic E-state index is 0.161. The number of benzene rings is 3. The molecule has 0 aliphatic rings. The molecule has 0 saturated heterocycles. The van der Waals surface area contributed by atoms with Crippen molar-refractivity contribution in [2.45, 2.75) is 52.0 Å². The van der Waals surface area contributed by atoms with Crippen LogP contribution in [0.4, 0.5) is 5.69 Å². The van der Waals surface area contributed by atoms with Crippen LogP contribution in [0.2, 0.25) is 0 Å². The number of hydrogen-bond acceptors (Lipinski definition) is 3. The van der Waals surface area contributed by atoms with Crippen LogP contribution in [0, 0.1) is 26.7 Å². The van der Waals surface area contributed by atoms with Crippen LogP contribution in [0.5, 0.6) is 0 Å². The summed E-state index contributed by atoms with van der Waals surface area (Å²) in [6, 6.07) is 21.9. The number of nitrogens with one attached hydrogen (secondary N) is 1. The third kappa shape index (κ3) is 6.26. The minimum Gasteiger partial charge on any atom is -0.348 e. The number of amides is 1. The third-order valence-electron chi connectivity index (χ3n) is 5.77. The zero-order valence-electron chi connectivity index (χ0n) is 20.6. The molecule has 180 valence electrons. The van der Waals surface area contributed by atoms with Gasteiger partial charge in [-0.2, -0.15) is 0 Å². The molecule has 0 spiro atoms. The molecule has 0 saturated carbocycles. The first-order valence-corrected chi connectivity index (χ1v) is 13.0. The van der Waals surface area contributed by atoms with E-state index in [-0.39, 0.29) is 23.4 Å². The summed E-state index contributed by atoms with van der Waals surface area (Å²) in [5.74, 6) is 0.0167. The molecule has 0 aliphatic heterocycles. The SMILES string of the molecule is Cc1ccc(S(=O)(=O)N(CC(=O)N[C@H](CC(C)C)c2ccccc2)c2cc(C)ccc2C)cc1. The Morgan fingerprint density at radius 3 is 2.12 bits per heavy atom. The molecule has 0 aliphatic carbocycles. The highest BCUT2D eigenvalue weighted by Crippen LogP contribution is 2.28. The first-order valence-electron chi connectivity index (χ1n) is 11.6. The number of hydrogen-bond donors (Lipinski definition) is 1. The zero-order chi connectivity index (χ0) is 24.9. The molecule has 0 unspecified atom stereocenters. The summed E-state index contributed by atoms with van der Waals surface area (Å²) < 4.78 is 28.7. The molecule has 3 aromatic carbocycles. The van der Waals surface area contributed by atoms with Gasteiger partial charge in [0.05, 0.1) is 16.6 Å². The highest BCUT2D eigenvalue weighted by atomic mass is 32.2. The molecule has 0 aromatic heterocycles. The van der Waals surface area contributed by atoms with Gasteiger partial charge in [-0.3, -0.25) is 9.10 Å². The predicted octanol–water partition coefficient (Wildman–Crippen LogP) is 5.71. The molecule has 5 nitrogen and oxygen atoms in total. The highest BCUT2D eigenvalue weighted by molar-refractivity contribution is 7.92. The van der Waals surface area contributed by atoms with E-state index >= 15 is 0 Å². The van der Waals surface area contributed by atoms with E-state index in [4.69, 9.17) is 0 Å². The quantitative estimate of drug-likeness (QED) is 0.428. The maximum Gasteiger partial charge on any atom is 0.264 e. The van der Waals surface area contributed by atoms with E-state index in [1.807, 2.05) is 69.3 Å². The van der Waals surface area contributed by atoms with Gasteiger partial charge in [0, 0.05) is 0 Å². The number of nitrogens with zero attached hydrogens (tertiary/aromatic N) is 1. The van der Waals surface area contributed by atoms with Crippen LogP contribution in [0.1, 0.15) is 48.6 Å². The molecule has 3 rings (SSSR count). The number of aryl methyl sites for hydroxylation is 3. The third-order valence-corrected chi connectivity index (χ3v) is 7.55. The lowest BCUT2D eigenvalue weighted by Gasteiger charge is -2.28. The fourth-order valence-electron chi connectivity index (χ4n) is 3.93. The van der Waals surface area contributed by atoms with Gasteiger partial charge in [-0.05, 0) is 68.0 Å². The maximum absolute atomic E-state index is 13.7. The Hall–Kier alpha value is -3.12. The van der Waals surface area contributed by atoms with E-state index in [0.717, 1.165) is 28.7 Å². The minimum atomic E-state index is -3.96. The lowest BCUT2D eigenvalue weighted by molar-refractivity contribution is -0.120. The Morgan fingerprint density at radius 2 is 1.50 bits per heavy atom. The first-order chi connectivity index (χ1) is 16.1. The molecule has 1 N–H and O–H groups in total. The first kappa shape index (κ1) is 25.5. The van der Waals surface area contributed by atoms with Crippen LogP contribution in [0.25, 0.3) is 0 Å². The van der Waals surface area contributed by atoms with E-state index in [9.17, 15) is 13.2 Å². The van der Waals surface area contributed by atoms with Gasteiger partial charge in [0.1, 0.15) is 6.54 Å². The molecule has 1 amide bonds. The van der Waals surface area contributed by atoms with E-state index in [1.165, 1.54) is 4.31 Å². The van der Waals surface area contributed by atoms with Gasteiger partial charge in [0.2, 0.25) is 5.91 Å². The molecule has 0 radical (unpaired) electrons. The van der Waals surface area contributed by atoms with E-state index in [1.54, 1.807) is 24.3 Å². The maximum atomic E-state index is 13.7. The topological polar surface area (TPSA) is 66.5 Å². The summed E-state index contributed by atoms with van der Waals surface area (Å²) in [4.78, 5) is 13.5. The second kappa shape index (κ2) is 10.9. The van der Waals surface area contributed by atoms with Crippen molar-refractivity contribution in [2.75, 3.05) is 10.8 Å². The summed E-state index contributed by atoms with van der Waals surface area (Å²) >= 11 is 0. The highest BCUT2D eigenvalue weighted by Gasteiger charge is 2.29. The molecule has 3 aromatic rings. The van der Waals surface area contributed by atoms with E-state index in [2.05, 4.69) is 19.2 Å². The van der Waals surface area contributed by atoms with Gasteiger partial charge < -0.3 is 5.32 Å². The van der Waals surface area contributed by atoms with Gasteiger partial charge in [0.15, 0.2) is 0 Å². The zero-order valence-corrected chi connectivity index (χ0v) is 21.4. The average molecular weight is 479 g/mol. The van der Waals surface area contributed by atoms with Crippen LogP contribution in [-0.2, 0) is 14.8 Å². The van der Waals surface area contributed by atoms with Crippen molar-refractivity contribution in [1.29, 1.82) is 0 Å². The molecule has 0 bridgehead atoms. The van der Waals surface area contributed by atoms with Gasteiger partial charge in [-0.1, -0.05) is 74.0 Å². The number of carbonyl (C=O) groups excluding carboxylic acids is 1. The summed E-state index contributed by atoms with van der Waals surface area (Å²) in [5, 5.41) is 3.09. The van der Waals surface area contributed by atoms with Crippen molar-refractivity contribution in [3.8, 4) is 0 Å². The van der Waals surface area contributed by atoms with Crippen molar-refractivity contribution < 1.29 is 13.2 Å². The van der Waals surface area contributed by atoms with E-state index in [0.29, 0.717) is 11.6 Å². The number of anilines is 1. The van der Waals surface area contributed by atoms with Crippen LogP contribution >= 0.6 is 0 Å². The normalized spacial score (nSPS) is 12.4.